The van der Waals surface area contributed by atoms with Crippen molar-refractivity contribution in [2.24, 2.45) is 0 Å². The molecule has 1 amide bonds. The predicted octanol–water partition coefficient (Wildman–Crippen LogP) is 1.25. The van der Waals surface area contributed by atoms with Gasteiger partial charge in [-0.25, -0.2) is 14.8 Å². The third-order valence-corrected chi connectivity index (χ3v) is 2.69. The van der Waals surface area contributed by atoms with Crippen molar-refractivity contribution in [3.63, 3.8) is 0 Å². The number of nitrogens with one attached hydrogen (secondary N) is 1. The molecule has 0 aliphatic heterocycles. The first kappa shape index (κ1) is 14.4. The molecular weight excluding hydrogens is 272 g/mol. The molecule has 7 nitrogen and oxygen atoms in total. The number of benzene rings is 1. The van der Waals surface area contributed by atoms with E-state index in [1.54, 1.807) is 42.5 Å². The smallest absolute Gasteiger partial charge is 0.335 e. The molecule has 7 heteroatoms. The van der Waals surface area contributed by atoms with Crippen LogP contribution in [0.3, 0.4) is 0 Å². The summed E-state index contributed by atoms with van der Waals surface area (Å²) >= 11 is 0. The Hall–Kier alpha value is -2.96. The van der Waals surface area contributed by atoms with E-state index in [1.807, 2.05) is 0 Å². The van der Waals surface area contributed by atoms with Crippen molar-refractivity contribution in [3.05, 3.63) is 48.3 Å². The van der Waals surface area contributed by atoms with Crippen LogP contribution in [0, 0.1) is 0 Å². The Kier molecular flexibility index (Phi) is 4.45. The Morgan fingerprint density at radius 1 is 1.19 bits per heavy atom. The molecule has 2 rings (SSSR count). The van der Waals surface area contributed by atoms with E-state index in [9.17, 15) is 9.59 Å². The van der Waals surface area contributed by atoms with Gasteiger partial charge in [0.25, 0.3) is 0 Å². The van der Waals surface area contributed by atoms with Crippen molar-refractivity contribution < 1.29 is 14.7 Å². The van der Waals surface area contributed by atoms with Crippen molar-refractivity contribution >= 4 is 23.5 Å². The largest absolute Gasteiger partial charge is 0.478 e. The van der Waals surface area contributed by atoms with E-state index in [0.717, 1.165) is 0 Å². The van der Waals surface area contributed by atoms with Gasteiger partial charge in [0.15, 0.2) is 0 Å². The van der Waals surface area contributed by atoms with Gasteiger partial charge < -0.3 is 15.3 Å². The Labute approximate surface area is 121 Å². The lowest BCUT2D eigenvalue weighted by Crippen LogP contribution is -2.31. The summed E-state index contributed by atoms with van der Waals surface area (Å²) < 4.78 is 0. The number of nitrogens with zero attached hydrogens (tertiary/aromatic N) is 3. The molecular formula is C14H14N4O3. The Morgan fingerprint density at radius 3 is 2.38 bits per heavy atom. The molecule has 21 heavy (non-hydrogen) atoms. The van der Waals surface area contributed by atoms with Crippen LogP contribution in [-0.2, 0) is 4.79 Å². The fourth-order valence-electron chi connectivity index (χ4n) is 1.67. The number of aromatic nitrogens is 2. The maximum Gasteiger partial charge on any atom is 0.335 e. The van der Waals surface area contributed by atoms with Crippen LogP contribution in [0.1, 0.15) is 10.4 Å². The van der Waals surface area contributed by atoms with Crippen LogP contribution in [0.25, 0.3) is 0 Å². The zero-order valence-electron chi connectivity index (χ0n) is 11.4. The minimum Gasteiger partial charge on any atom is -0.478 e. The number of aromatic carboxylic acids is 1. The average Bonchev–Trinajstić information content (AvgIpc) is 2.48. The number of carbonyl (C=O) groups is 2. The van der Waals surface area contributed by atoms with E-state index in [1.165, 1.54) is 12.1 Å². The highest BCUT2D eigenvalue weighted by Gasteiger charge is 2.10. The number of carboxylic acid groups (broad SMARTS) is 1. The third-order valence-electron chi connectivity index (χ3n) is 2.69. The number of amides is 1. The molecule has 0 radical (unpaired) electrons. The van der Waals surface area contributed by atoms with Crippen LogP contribution >= 0.6 is 0 Å². The summed E-state index contributed by atoms with van der Waals surface area (Å²) in [4.78, 5) is 32.3. The fraction of sp³-hybridized carbons (Fsp3) is 0.143. The van der Waals surface area contributed by atoms with Crippen LogP contribution in [-0.4, -0.2) is 40.5 Å². The third kappa shape index (κ3) is 4.00. The van der Waals surface area contributed by atoms with E-state index < -0.39 is 5.97 Å². The quantitative estimate of drug-likeness (QED) is 0.859. The zero-order chi connectivity index (χ0) is 15.2. The lowest BCUT2D eigenvalue weighted by molar-refractivity contribution is -0.114. The molecule has 0 aliphatic carbocycles. The van der Waals surface area contributed by atoms with Crippen molar-refractivity contribution in [2.45, 2.75) is 0 Å². The number of carbonyl (C=O) groups excluding carboxylic acids is 1. The van der Waals surface area contributed by atoms with Gasteiger partial charge in [0.2, 0.25) is 11.9 Å². The minimum absolute atomic E-state index is 0.0880. The normalized spacial score (nSPS) is 9.95. The molecule has 0 spiro atoms. The van der Waals surface area contributed by atoms with E-state index in [-0.39, 0.29) is 18.0 Å². The number of likely N-dealkylation sites (N-methyl/N-ethyl adjacent to an activating group) is 1. The molecule has 2 aromatic rings. The first-order valence-electron chi connectivity index (χ1n) is 6.17. The van der Waals surface area contributed by atoms with Crippen LogP contribution < -0.4 is 10.2 Å². The SMILES string of the molecule is CN(CC(=O)Nc1ccc(C(=O)O)cc1)c1ncccn1. The standard InChI is InChI=1S/C14H14N4O3/c1-18(14-15-7-2-8-16-14)9-12(19)17-11-5-3-10(4-6-11)13(20)21/h2-8H,9H2,1H3,(H,17,19)(H,20,21). The highest BCUT2D eigenvalue weighted by Crippen LogP contribution is 2.10. The van der Waals surface area contributed by atoms with Crippen molar-refractivity contribution in [2.75, 3.05) is 23.8 Å². The van der Waals surface area contributed by atoms with Gasteiger partial charge in [-0.1, -0.05) is 0 Å². The maximum atomic E-state index is 11.9. The Balaban J connectivity index is 1.94. The molecule has 108 valence electrons. The summed E-state index contributed by atoms with van der Waals surface area (Å²) in [6.45, 7) is 0.0880. The highest BCUT2D eigenvalue weighted by atomic mass is 16.4. The molecule has 1 heterocycles. The van der Waals surface area contributed by atoms with Gasteiger partial charge in [-0.05, 0) is 30.3 Å². The summed E-state index contributed by atoms with van der Waals surface area (Å²) in [6, 6.07) is 7.64. The molecule has 1 aromatic carbocycles. The van der Waals surface area contributed by atoms with E-state index in [2.05, 4.69) is 15.3 Å². The van der Waals surface area contributed by atoms with Gasteiger partial charge in [0, 0.05) is 25.1 Å². The first-order valence-corrected chi connectivity index (χ1v) is 6.17. The Bertz CT molecular complexity index is 628. The van der Waals surface area contributed by atoms with Crippen molar-refractivity contribution in [3.8, 4) is 0 Å². The van der Waals surface area contributed by atoms with Crippen molar-refractivity contribution in [1.29, 1.82) is 0 Å². The number of carboxylic acids is 1. The van der Waals surface area contributed by atoms with Crippen LogP contribution in [0.5, 0.6) is 0 Å². The van der Waals surface area contributed by atoms with Crippen LogP contribution in [0.15, 0.2) is 42.7 Å². The van der Waals surface area contributed by atoms with Gasteiger partial charge in [0.05, 0.1) is 12.1 Å². The fourth-order valence-corrected chi connectivity index (χ4v) is 1.67. The summed E-state index contributed by atoms with van der Waals surface area (Å²) in [5.74, 6) is -0.796. The molecule has 2 N–H and O–H groups in total. The van der Waals surface area contributed by atoms with Crippen LogP contribution in [0.2, 0.25) is 0 Å². The van der Waals surface area contributed by atoms with Gasteiger partial charge in [-0.15, -0.1) is 0 Å². The molecule has 0 fully saturated rings. The van der Waals surface area contributed by atoms with Gasteiger partial charge >= 0.3 is 5.97 Å². The van der Waals surface area contributed by atoms with E-state index >= 15 is 0 Å². The maximum absolute atomic E-state index is 11.9. The number of hydrogen-bond donors (Lipinski definition) is 2. The lowest BCUT2D eigenvalue weighted by Gasteiger charge is -2.16. The number of anilines is 2. The average molecular weight is 286 g/mol. The van der Waals surface area contributed by atoms with Gasteiger partial charge in [-0.3, -0.25) is 4.79 Å². The molecule has 0 bridgehead atoms. The van der Waals surface area contributed by atoms with Gasteiger partial charge in [-0.2, -0.15) is 0 Å². The highest BCUT2D eigenvalue weighted by molar-refractivity contribution is 5.94. The second-order valence-electron chi connectivity index (χ2n) is 4.34. The second kappa shape index (κ2) is 6.47. The molecule has 0 aliphatic rings. The summed E-state index contributed by atoms with van der Waals surface area (Å²) in [6.07, 6.45) is 3.20. The second-order valence-corrected chi connectivity index (χ2v) is 4.34. The minimum atomic E-state index is -1.01. The monoisotopic (exact) mass is 286 g/mol. The molecule has 0 saturated heterocycles. The first-order chi connectivity index (χ1) is 10.1. The molecule has 0 atom stereocenters. The number of rotatable bonds is 5. The summed E-state index contributed by atoms with van der Waals surface area (Å²) in [7, 11) is 1.71. The molecule has 1 aromatic heterocycles. The zero-order valence-corrected chi connectivity index (χ0v) is 11.4. The van der Waals surface area contributed by atoms with E-state index in [4.69, 9.17) is 5.11 Å². The van der Waals surface area contributed by atoms with Crippen molar-refractivity contribution in [1.82, 2.24) is 9.97 Å². The van der Waals surface area contributed by atoms with E-state index in [0.29, 0.717) is 11.6 Å². The number of hydrogen-bond acceptors (Lipinski definition) is 5. The molecule has 0 saturated carbocycles. The van der Waals surface area contributed by atoms with Crippen LogP contribution in [0.4, 0.5) is 11.6 Å². The lowest BCUT2D eigenvalue weighted by atomic mass is 10.2. The summed E-state index contributed by atoms with van der Waals surface area (Å²) in [5, 5.41) is 11.5. The molecule has 0 unspecified atom stereocenters. The van der Waals surface area contributed by atoms with Gasteiger partial charge in [0.1, 0.15) is 0 Å². The summed E-state index contributed by atoms with van der Waals surface area (Å²) in [5.41, 5.74) is 0.704. The predicted molar refractivity (Wildman–Crippen MR) is 77.3 cm³/mol. The Morgan fingerprint density at radius 2 is 1.81 bits per heavy atom. The topological polar surface area (TPSA) is 95.4 Å².